The maximum absolute atomic E-state index is 12.0. The SMILES string of the molecule is C.CC(C)(C)C(=O)Nc1ncn([C@H]2C[C@H](O)[C@@H](CO)O2)c(=O)n1.CCP(C)(C)=O.CP(C)(=O)COC[C@H]1O[C@@H](n2cnc(N)nc2=O)C[C@@H]1O. The molecule has 4 rings (SSSR count). The van der Waals surface area contributed by atoms with E-state index in [0.29, 0.717) is 0 Å². The van der Waals surface area contributed by atoms with Gasteiger partial charge in [-0.25, -0.2) is 19.6 Å². The predicted molar refractivity (Wildman–Crippen MR) is 188 cm³/mol. The summed E-state index contributed by atoms with van der Waals surface area (Å²) in [5, 5.41) is 31.1. The second-order valence-corrected chi connectivity index (χ2v) is 20.7. The van der Waals surface area contributed by atoms with Crippen molar-refractivity contribution in [1.29, 1.82) is 0 Å². The quantitative estimate of drug-likeness (QED) is 0.223. The van der Waals surface area contributed by atoms with Crippen LogP contribution in [0.5, 0.6) is 0 Å². The van der Waals surface area contributed by atoms with Crippen LogP contribution in [0.15, 0.2) is 22.2 Å². The van der Waals surface area contributed by atoms with Crippen molar-refractivity contribution in [2.24, 2.45) is 5.41 Å². The van der Waals surface area contributed by atoms with Crippen LogP contribution in [0.3, 0.4) is 0 Å². The van der Waals surface area contributed by atoms with Gasteiger partial charge in [0.2, 0.25) is 17.8 Å². The average molecular weight is 753 g/mol. The minimum atomic E-state index is -2.28. The van der Waals surface area contributed by atoms with Crippen LogP contribution < -0.4 is 22.4 Å². The zero-order chi connectivity index (χ0) is 37.3. The van der Waals surface area contributed by atoms with E-state index in [1.165, 1.54) is 17.2 Å². The highest BCUT2D eigenvalue weighted by molar-refractivity contribution is 7.62. The van der Waals surface area contributed by atoms with Gasteiger partial charge in [-0.15, -0.1) is 0 Å². The summed E-state index contributed by atoms with van der Waals surface area (Å²) in [6, 6.07) is 0. The topological polar surface area (TPSA) is 273 Å². The number of nitrogens with zero attached hydrogens (tertiary/aromatic N) is 6. The molecule has 2 aliphatic heterocycles. The molecular formula is C29H54N8O11P2. The highest BCUT2D eigenvalue weighted by atomic mass is 31.2. The van der Waals surface area contributed by atoms with E-state index >= 15 is 0 Å². The first-order chi connectivity index (χ1) is 22.5. The zero-order valence-electron chi connectivity index (χ0n) is 29.1. The number of aliphatic hydroxyl groups is 3. The number of nitrogens with one attached hydrogen (secondary N) is 1. The molecule has 0 aromatic carbocycles. The highest BCUT2D eigenvalue weighted by Crippen LogP contribution is 2.36. The number of anilines is 2. The Morgan fingerprint density at radius 2 is 1.44 bits per heavy atom. The predicted octanol–water partition coefficient (Wildman–Crippen LogP) is 0.994. The number of ether oxygens (including phenoxy) is 3. The number of carbonyl (C=O) groups excluding carboxylic acids is 1. The smallest absolute Gasteiger partial charge is 0.354 e. The monoisotopic (exact) mass is 752 g/mol. The minimum absolute atomic E-state index is 0. The van der Waals surface area contributed by atoms with Gasteiger partial charge in [0, 0.05) is 18.3 Å². The lowest BCUT2D eigenvalue weighted by atomic mass is 9.96. The van der Waals surface area contributed by atoms with Gasteiger partial charge in [0.25, 0.3) is 0 Å². The Labute approximate surface area is 291 Å². The number of nitrogen functional groups attached to an aromatic ring is 1. The summed E-state index contributed by atoms with van der Waals surface area (Å²) in [7, 11) is -3.92. The molecule has 4 heterocycles. The van der Waals surface area contributed by atoms with Gasteiger partial charge in [-0.3, -0.25) is 19.2 Å². The number of hydrogen-bond donors (Lipinski definition) is 5. The molecule has 0 bridgehead atoms. The van der Waals surface area contributed by atoms with Crippen LogP contribution in [0.4, 0.5) is 11.9 Å². The van der Waals surface area contributed by atoms with E-state index in [1.54, 1.807) is 47.4 Å². The molecule has 21 heteroatoms. The van der Waals surface area contributed by atoms with Gasteiger partial charge in [0.05, 0.1) is 38.9 Å². The molecule has 1 amide bonds. The highest BCUT2D eigenvalue weighted by Gasteiger charge is 2.37. The number of aliphatic hydroxyl groups excluding tert-OH is 3. The maximum Gasteiger partial charge on any atom is 0.354 e. The maximum atomic E-state index is 12.0. The van der Waals surface area contributed by atoms with Gasteiger partial charge in [-0.05, 0) is 32.8 Å². The number of aromatic nitrogens is 6. The van der Waals surface area contributed by atoms with Crippen molar-refractivity contribution < 1.29 is 43.5 Å². The number of hydrogen-bond acceptors (Lipinski definition) is 16. The van der Waals surface area contributed by atoms with Crippen molar-refractivity contribution in [3.8, 4) is 0 Å². The van der Waals surface area contributed by atoms with Crippen LogP contribution in [-0.4, -0.2) is 127 Å². The Morgan fingerprint density at radius 3 is 1.86 bits per heavy atom. The van der Waals surface area contributed by atoms with E-state index in [2.05, 4.69) is 25.3 Å². The van der Waals surface area contributed by atoms with Gasteiger partial charge in [0.15, 0.2) is 0 Å². The lowest BCUT2D eigenvalue weighted by Crippen LogP contribution is -2.32. The first-order valence-corrected chi connectivity index (χ1v) is 21.0. The molecule has 6 N–H and O–H groups in total. The third-order valence-electron chi connectivity index (χ3n) is 7.03. The van der Waals surface area contributed by atoms with Crippen molar-refractivity contribution in [2.45, 2.75) is 84.8 Å². The molecule has 2 fully saturated rings. The van der Waals surface area contributed by atoms with Gasteiger partial charge >= 0.3 is 11.4 Å². The molecule has 2 aromatic heterocycles. The molecule has 0 radical (unpaired) electrons. The van der Waals surface area contributed by atoms with Crippen LogP contribution in [0.1, 0.15) is 60.4 Å². The van der Waals surface area contributed by atoms with Crippen molar-refractivity contribution in [3.63, 3.8) is 0 Å². The minimum Gasteiger partial charge on any atom is -0.394 e. The summed E-state index contributed by atoms with van der Waals surface area (Å²) >= 11 is 0. The lowest BCUT2D eigenvalue weighted by Gasteiger charge is -2.17. The summed E-state index contributed by atoms with van der Waals surface area (Å²) in [4.78, 5) is 50.3. The first kappa shape index (κ1) is 45.1. The third kappa shape index (κ3) is 14.8. The van der Waals surface area contributed by atoms with Crippen LogP contribution in [0.25, 0.3) is 0 Å². The van der Waals surface area contributed by atoms with Crippen LogP contribution in [0.2, 0.25) is 0 Å². The fraction of sp³-hybridized carbons (Fsp3) is 0.759. The van der Waals surface area contributed by atoms with Crippen molar-refractivity contribution >= 4 is 32.1 Å². The van der Waals surface area contributed by atoms with Gasteiger partial charge in [-0.1, -0.05) is 35.1 Å². The Kier molecular flexibility index (Phi) is 17.2. The summed E-state index contributed by atoms with van der Waals surface area (Å²) in [6.07, 6.45) is -0.634. The molecule has 2 aliphatic rings. The van der Waals surface area contributed by atoms with Crippen molar-refractivity contribution in [1.82, 2.24) is 29.1 Å². The van der Waals surface area contributed by atoms with Gasteiger partial charge in [-0.2, -0.15) is 9.97 Å². The Balaban J connectivity index is 0.000000423. The number of nitrogens with two attached hydrogens (primary N) is 1. The normalized spacial score (nSPS) is 23.5. The number of amides is 1. The summed E-state index contributed by atoms with van der Waals surface area (Å²) in [6.45, 7) is 13.7. The molecule has 286 valence electrons. The van der Waals surface area contributed by atoms with Crippen LogP contribution >= 0.6 is 14.3 Å². The van der Waals surface area contributed by atoms with E-state index in [9.17, 15) is 33.7 Å². The average Bonchev–Trinajstić information content (AvgIpc) is 3.53. The molecule has 0 saturated carbocycles. The molecule has 2 aromatic rings. The first-order valence-electron chi connectivity index (χ1n) is 15.5. The van der Waals surface area contributed by atoms with Gasteiger partial charge < -0.3 is 44.4 Å². The second kappa shape index (κ2) is 19.1. The van der Waals surface area contributed by atoms with Crippen LogP contribution in [-0.2, 0) is 28.1 Å². The van der Waals surface area contributed by atoms with E-state index < -0.39 is 67.9 Å². The molecule has 0 aliphatic carbocycles. The van der Waals surface area contributed by atoms with E-state index in [0.717, 1.165) is 10.7 Å². The molecule has 50 heavy (non-hydrogen) atoms. The fourth-order valence-electron chi connectivity index (χ4n) is 3.92. The summed E-state index contributed by atoms with van der Waals surface area (Å²) in [5.74, 6) is -0.507. The van der Waals surface area contributed by atoms with E-state index in [4.69, 9.17) is 25.1 Å². The fourth-order valence-corrected chi connectivity index (χ4v) is 4.46. The zero-order valence-corrected chi connectivity index (χ0v) is 30.9. The molecule has 6 atom stereocenters. The molecule has 0 spiro atoms. The Morgan fingerprint density at radius 1 is 0.960 bits per heavy atom. The van der Waals surface area contributed by atoms with E-state index in [-0.39, 0.29) is 57.6 Å². The third-order valence-corrected chi connectivity index (χ3v) is 9.36. The van der Waals surface area contributed by atoms with Crippen molar-refractivity contribution in [2.75, 3.05) is 63.4 Å². The molecule has 0 unspecified atom stereocenters. The van der Waals surface area contributed by atoms with E-state index in [1.807, 2.05) is 6.92 Å². The van der Waals surface area contributed by atoms with Crippen LogP contribution in [0, 0.1) is 5.41 Å². The molecule has 19 nitrogen and oxygen atoms in total. The Bertz CT molecular complexity index is 1600. The molecular weight excluding hydrogens is 698 g/mol. The van der Waals surface area contributed by atoms with Gasteiger partial charge in [0.1, 0.15) is 44.5 Å². The number of carbonyl (C=O) groups is 1. The second-order valence-electron chi connectivity index (χ2n) is 13.5. The molecule has 2 saturated heterocycles. The largest absolute Gasteiger partial charge is 0.394 e. The summed E-state index contributed by atoms with van der Waals surface area (Å²) in [5.41, 5.74) is 3.43. The standard InChI is InChI=1S/C13H20N4O5.C11H19N4O5P.C4H11OP.CH4/c1-13(2,3)10(20)15-11-14-6-17(12(21)16-11)9-4-7(19)8(5-18)22-9;1-21(2,18)6-19-4-8-7(16)3-9(20-8)15-5-13-10(12)14-11(15)17;1-4-6(2,3)5;/h6-9,18-19H,4-5H2,1-3H3,(H,15,16,20,21);5,7-9,16H,3-4,6H2,1-2H3,(H2,12,14,17);4H2,1-3H3;1H4/t2*7-,8+,9+;;/m00../s1. The summed E-state index contributed by atoms with van der Waals surface area (Å²) < 4.78 is 40.6. The lowest BCUT2D eigenvalue weighted by molar-refractivity contribution is -0.123. The Hall–Kier alpha value is -2.89. The van der Waals surface area contributed by atoms with Crippen molar-refractivity contribution in [3.05, 3.63) is 33.6 Å². The number of rotatable bonds is 9.